The Morgan fingerprint density at radius 3 is 2.58 bits per heavy atom. The van der Waals surface area contributed by atoms with Crippen LogP contribution in [0.4, 0.5) is 0 Å². The molecule has 1 N–H and O–H groups in total. The largest absolute Gasteiger partial charge is 0.315 e. The number of hydrogen-bond donors (Lipinski definition) is 1. The lowest BCUT2D eigenvalue weighted by atomic mass is 9.98. The molecule has 1 aliphatic heterocycles. The molecular weight excluding hydrogens is 154 g/mol. The molecule has 0 radical (unpaired) electrons. The number of ketones is 1. The molecule has 2 rings (SSSR count). The van der Waals surface area contributed by atoms with Crippen LogP contribution in [0.5, 0.6) is 0 Å². The summed E-state index contributed by atoms with van der Waals surface area (Å²) in [5.41, 5.74) is 0. The van der Waals surface area contributed by atoms with Crippen molar-refractivity contribution in [1.82, 2.24) is 15.3 Å². The normalized spacial score (nSPS) is 17.0. The zero-order valence-corrected chi connectivity index (χ0v) is 6.53. The first-order valence-corrected chi connectivity index (χ1v) is 3.90. The van der Waals surface area contributed by atoms with Crippen LogP contribution in [0.2, 0.25) is 0 Å². The van der Waals surface area contributed by atoms with E-state index in [9.17, 15) is 4.79 Å². The van der Waals surface area contributed by atoms with Crippen LogP contribution in [0, 0.1) is 5.92 Å². The Bertz CT molecular complexity index is 282. The fourth-order valence-corrected chi connectivity index (χ4v) is 1.08. The van der Waals surface area contributed by atoms with Crippen molar-refractivity contribution in [2.75, 3.05) is 13.1 Å². The highest BCUT2D eigenvalue weighted by Gasteiger charge is 2.27. The summed E-state index contributed by atoms with van der Waals surface area (Å²) in [6, 6.07) is 1.70. The summed E-state index contributed by atoms with van der Waals surface area (Å²) >= 11 is 0. The number of nitrogens with zero attached hydrogens (tertiary/aromatic N) is 2. The van der Waals surface area contributed by atoms with Gasteiger partial charge in [-0.1, -0.05) is 0 Å². The van der Waals surface area contributed by atoms with E-state index >= 15 is 0 Å². The van der Waals surface area contributed by atoms with Crippen molar-refractivity contribution in [3.05, 3.63) is 24.3 Å². The Morgan fingerprint density at radius 2 is 2.08 bits per heavy atom. The molecule has 0 spiro atoms. The van der Waals surface area contributed by atoms with Gasteiger partial charge in [-0.15, -0.1) is 0 Å². The molecule has 1 saturated heterocycles. The van der Waals surface area contributed by atoms with E-state index in [1.807, 2.05) is 0 Å². The molecule has 4 nitrogen and oxygen atoms in total. The van der Waals surface area contributed by atoms with Crippen molar-refractivity contribution >= 4 is 5.78 Å². The van der Waals surface area contributed by atoms with Gasteiger partial charge in [-0.2, -0.15) is 0 Å². The van der Waals surface area contributed by atoms with Crippen molar-refractivity contribution < 1.29 is 4.79 Å². The van der Waals surface area contributed by atoms with E-state index in [4.69, 9.17) is 0 Å². The number of aromatic nitrogens is 2. The smallest absolute Gasteiger partial charge is 0.205 e. The van der Waals surface area contributed by atoms with Crippen LogP contribution >= 0.6 is 0 Å². The quantitative estimate of drug-likeness (QED) is 0.617. The maximum Gasteiger partial charge on any atom is 0.205 e. The molecule has 4 heteroatoms. The first kappa shape index (κ1) is 7.36. The standard InChI is InChI=1S/C8H9N3O/c12-7(6-4-9-5-6)8-10-2-1-3-11-8/h1-3,6,9H,4-5H2. The lowest BCUT2D eigenvalue weighted by molar-refractivity contribution is 0.0867. The maximum atomic E-state index is 11.5. The van der Waals surface area contributed by atoms with Crippen LogP contribution in [0.3, 0.4) is 0 Å². The predicted octanol–water partition coefficient (Wildman–Crippen LogP) is -0.121. The maximum absolute atomic E-state index is 11.5. The average Bonchev–Trinajstić information content (AvgIpc) is 2.03. The molecule has 1 aromatic rings. The Labute approximate surface area is 70.0 Å². The summed E-state index contributed by atoms with van der Waals surface area (Å²) in [6.45, 7) is 1.52. The monoisotopic (exact) mass is 163 g/mol. The van der Waals surface area contributed by atoms with E-state index in [-0.39, 0.29) is 11.7 Å². The van der Waals surface area contributed by atoms with Crippen LogP contribution in [-0.4, -0.2) is 28.8 Å². The van der Waals surface area contributed by atoms with E-state index in [1.54, 1.807) is 18.5 Å². The fourth-order valence-electron chi connectivity index (χ4n) is 1.08. The Balaban J connectivity index is 2.14. The molecule has 2 heterocycles. The van der Waals surface area contributed by atoms with Gasteiger partial charge in [0.1, 0.15) is 0 Å². The molecule has 12 heavy (non-hydrogen) atoms. The summed E-state index contributed by atoms with van der Waals surface area (Å²) in [5, 5.41) is 3.04. The SMILES string of the molecule is O=C(c1ncccn1)C1CNC1. The van der Waals surface area contributed by atoms with Crippen LogP contribution in [-0.2, 0) is 0 Å². The lowest BCUT2D eigenvalue weighted by Gasteiger charge is -2.24. The molecule has 0 saturated carbocycles. The topological polar surface area (TPSA) is 54.9 Å². The number of hydrogen-bond acceptors (Lipinski definition) is 4. The minimum absolute atomic E-state index is 0.0503. The van der Waals surface area contributed by atoms with Crippen LogP contribution in [0.15, 0.2) is 18.5 Å². The van der Waals surface area contributed by atoms with Crippen molar-refractivity contribution in [2.45, 2.75) is 0 Å². The highest BCUT2D eigenvalue weighted by molar-refractivity contribution is 5.95. The van der Waals surface area contributed by atoms with Crippen molar-refractivity contribution in [1.29, 1.82) is 0 Å². The second kappa shape index (κ2) is 2.98. The number of nitrogens with one attached hydrogen (secondary N) is 1. The molecule has 0 atom stereocenters. The molecule has 62 valence electrons. The summed E-state index contributed by atoms with van der Waals surface area (Å²) < 4.78 is 0. The number of carbonyl (C=O) groups excluding carboxylic acids is 1. The first-order valence-electron chi connectivity index (χ1n) is 3.90. The van der Waals surface area contributed by atoms with Gasteiger partial charge in [-0.3, -0.25) is 4.79 Å². The molecule has 0 bridgehead atoms. The third-order valence-corrected chi connectivity index (χ3v) is 1.94. The summed E-state index contributed by atoms with van der Waals surface area (Å²) in [5.74, 6) is 0.478. The Kier molecular flexibility index (Phi) is 1.83. The van der Waals surface area contributed by atoms with Gasteiger partial charge in [0, 0.05) is 25.5 Å². The van der Waals surface area contributed by atoms with Crippen molar-refractivity contribution in [3.8, 4) is 0 Å². The second-order valence-electron chi connectivity index (χ2n) is 2.79. The molecule has 0 amide bonds. The van der Waals surface area contributed by atoms with E-state index < -0.39 is 0 Å². The van der Waals surface area contributed by atoms with Crippen LogP contribution in [0.25, 0.3) is 0 Å². The van der Waals surface area contributed by atoms with Crippen molar-refractivity contribution in [3.63, 3.8) is 0 Å². The predicted molar refractivity (Wildman–Crippen MR) is 42.7 cm³/mol. The lowest BCUT2D eigenvalue weighted by Crippen LogP contribution is -2.46. The van der Waals surface area contributed by atoms with E-state index in [0.717, 1.165) is 13.1 Å². The highest BCUT2D eigenvalue weighted by Crippen LogP contribution is 2.08. The first-order chi connectivity index (χ1) is 5.88. The van der Waals surface area contributed by atoms with Gasteiger partial charge in [-0.05, 0) is 6.07 Å². The Hall–Kier alpha value is -1.29. The zero-order valence-electron chi connectivity index (χ0n) is 6.53. The zero-order chi connectivity index (χ0) is 8.39. The summed E-state index contributed by atoms with van der Waals surface area (Å²) in [4.78, 5) is 19.2. The van der Waals surface area contributed by atoms with Gasteiger partial charge >= 0.3 is 0 Å². The van der Waals surface area contributed by atoms with E-state index in [0.29, 0.717) is 5.82 Å². The minimum atomic E-state index is 0.0503. The number of Topliss-reactive ketones (excluding diaryl/α,β-unsaturated/α-hetero) is 1. The van der Waals surface area contributed by atoms with Gasteiger partial charge in [0.25, 0.3) is 0 Å². The third kappa shape index (κ3) is 1.21. The van der Waals surface area contributed by atoms with Gasteiger partial charge in [0.15, 0.2) is 5.82 Å². The second-order valence-corrected chi connectivity index (χ2v) is 2.79. The molecule has 1 aromatic heterocycles. The van der Waals surface area contributed by atoms with Crippen molar-refractivity contribution in [2.24, 2.45) is 5.92 Å². The number of rotatable bonds is 2. The molecule has 0 unspecified atom stereocenters. The average molecular weight is 163 g/mol. The van der Waals surface area contributed by atoms with Crippen LogP contribution in [0.1, 0.15) is 10.6 Å². The summed E-state index contributed by atoms with van der Waals surface area (Å²) in [7, 11) is 0. The molecule has 1 fully saturated rings. The molecule has 0 aliphatic carbocycles. The highest BCUT2D eigenvalue weighted by atomic mass is 16.1. The third-order valence-electron chi connectivity index (χ3n) is 1.94. The van der Waals surface area contributed by atoms with Gasteiger partial charge in [0.05, 0.1) is 5.92 Å². The summed E-state index contributed by atoms with van der Waals surface area (Å²) in [6.07, 6.45) is 3.18. The minimum Gasteiger partial charge on any atom is -0.315 e. The molecule has 0 aromatic carbocycles. The van der Waals surface area contributed by atoms with E-state index in [2.05, 4.69) is 15.3 Å². The van der Waals surface area contributed by atoms with Gasteiger partial charge in [0.2, 0.25) is 5.78 Å². The fraction of sp³-hybridized carbons (Fsp3) is 0.375. The van der Waals surface area contributed by atoms with E-state index in [1.165, 1.54) is 0 Å². The molecule has 1 aliphatic rings. The van der Waals surface area contributed by atoms with Gasteiger partial charge < -0.3 is 5.32 Å². The molecular formula is C8H9N3O. The Morgan fingerprint density at radius 1 is 1.42 bits per heavy atom. The van der Waals surface area contributed by atoms with Crippen LogP contribution < -0.4 is 5.32 Å². The number of carbonyl (C=O) groups is 1. The van der Waals surface area contributed by atoms with Gasteiger partial charge in [-0.25, -0.2) is 9.97 Å².